The Morgan fingerprint density at radius 2 is 1.72 bits per heavy atom. The molecule has 0 aliphatic heterocycles. The Morgan fingerprint density at radius 1 is 1.07 bits per heavy atom. The van der Waals surface area contributed by atoms with E-state index in [2.05, 4.69) is 5.32 Å². The second-order valence-corrected chi connectivity index (χ2v) is 7.45. The van der Waals surface area contributed by atoms with Gasteiger partial charge >= 0.3 is 5.97 Å². The number of sulfonamides is 1. The Balaban J connectivity index is 2.08. The predicted octanol–water partition coefficient (Wildman–Crippen LogP) is 1.73. The first-order chi connectivity index (χ1) is 13.7. The number of primary sulfonamides is 1. The number of amides is 1. The third-order valence-corrected chi connectivity index (χ3v) is 4.78. The van der Waals surface area contributed by atoms with Gasteiger partial charge in [0.25, 0.3) is 0 Å². The summed E-state index contributed by atoms with van der Waals surface area (Å²) in [6, 6.07) is 9.57. The third-order valence-electron chi connectivity index (χ3n) is 3.87. The molecule has 9 nitrogen and oxygen atoms in total. The van der Waals surface area contributed by atoms with E-state index in [-0.39, 0.29) is 27.7 Å². The number of carbonyl (C=O) groups excluding carboxylic acids is 3. The molecule has 2 rings (SSSR count). The summed E-state index contributed by atoms with van der Waals surface area (Å²) < 4.78 is 33.0. The van der Waals surface area contributed by atoms with Gasteiger partial charge < -0.3 is 14.8 Å². The Kier molecular flexibility index (Phi) is 7.08. The molecule has 0 atom stereocenters. The van der Waals surface area contributed by atoms with Crippen molar-refractivity contribution in [2.75, 3.05) is 19.0 Å². The summed E-state index contributed by atoms with van der Waals surface area (Å²) in [6.07, 6.45) is 0.326. The standard InChI is InChI=1S/C19H20N2O7S/c1-3-18(23)21-13-6-4-12(5-7-13)16(22)11-28-19(24)15-10-14(29(20,25)26)8-9-17(15)27-2/h4-10H,3,11H2,1-2H3,(H,21,23)(H2,20,25,26). The molecule has 0 saturated carbocycles. The smallest absolute Gasteiger partial charge is 0.342 e. The van der Waals surface area contributed by atoms with Gasteiger partial charge in [-0.05, 0) is 42.5 Å². The molecule has 0 saturated heterocycles. The molecule has 0 aliphatic rings. The van der Waals surface area contributed by atoms with Crippen LogP contribution in [0.15, 0.2) is 47.4 Å². The zero-order valence-electron chi connectivity index (χ0n) is 15.8. The minimum Gasteiger partial charge on any atom is -0.496 e. The highest BCUT2D eigenvalue weighted by Crippen LogP contribution is 2.23. The van der Waals surface area contributed by atoms with Gasteiger partial charge in [-0.1, -0.05) is 6.92 Å². The number of hydrogen-bond donors (Lipinski definition) is 2. The molecule has 10 heteroatoms. The van der Waals surface area contributed by atoms with Crippen LogP contribution >= 0.6 is 0 Å². The minimum atomic E-state index is -4.03. The Morgan fingerprint density at radius 3 is 2.28 bits per heavy atom. The highest BCUT2D eigenvalue weighted by Gasteiger charge is 2.19. The van der Waals surface area contributed by atoms with Crippen LogP contribution in [0.2, 0.25) is 0 Å². The molecule has 0 fully saturated rings. The van der Waals surface area contributed by atoms with Gasteiger partial charge in [0.2, 0.25) is 15.9 Å². The maximum Gasteiger partial charge on any atom is 0.342 e. The SMILES string of the molecule is CCC(=O)Nc1ccc(C(=O)COC(=O)c2cc(S(N)(=O)=O)ccc2OC)cc1. The fourth-order valence-corrected chi connectivity index (χ4v) is 2.84. The molecule has 3 N–H and O–H groups in total. The molecule has 0 spiro atoms. The molecule has 29 heavy (non-hydrogen) atoms. The van der Waals surface area contributed by atoms with Crippen LogP contribution in [-0.4, -0.2) is 39.8 Å². The van der Waals surface area contributed by atoms with Crippen LogP contribution < -0.4 is 15.2 Å². The minimum absolute atomic E-state index is 0.0749. The highest BCUT2D eigenvalue weighted by molar-refractivity contribution is 7.89. The molecule has 0 aromatic heterocycles. The molecule has 1 amide bonds. The largest absolute Gasteiger partial charge is 0.496 e. The first-order valence-electron chi connectivity index (χ1n) is 8.46. The molecule has 2 aromatic rings. The lowest BCUT2D eigenvalue weighted by molar-refractivity contribution is -0.115. The number of ketones is 1. The number of hydrogen-bond acceptors (Lipinski definition) is 7. The van der Waals surface area contributed by atoms with E-state index in [1.54, 1.807) is 19.1 Å². The van der Waals surface area contributed by atoms with Crippen LogP contribution in [0.4, 0.5) is 5.69 Å². The van der Waals surface area contributed by atoms with Crippen molar-refractivity contribution in [1.82, 2.24) is 0 Å². The molecular weight excluding hydrogens is 400 g/mol. The molecule has 0 unspecified atom stereocenters. The number of anilines is 1. The number of ether oxygens (including phenoxy) is 2. The van der Waals surface area contributed by atoms with Crippen molar-refractivity contribution in [3.8, 4) is 5.75 Å². The van der Waals surface area contributed by atoms with Gasteiger partial charge in [0.05, 0.1) is 12.0 Å². The maximum atomic E-state index is 12.3. The normalized spacial score (nSPS) is 10.9. The van der Waals surface area contributed by atoms with Crippen LogP contribution in [0.5, 0.6) is 5.75 Å². The number of rotatable bonds is 8. The second kappa shape index (κ2) is 9.30. The highest BCUT2D eigenvalue weighted by atomic mass is 32.2. The van der Waals surface area contributed by atoms with E-state index in [0.717, 1.165) is 6.07 Å². The summed E-state index contributed by atoms with van der Waals surface area (Å²) >= 11 is 0. The van der Waals surface area contributed by atoms with Crippen molar-refractivity contribution < 1.29 is 32.3 Å². The lowest BCUT2D eigenvalue weighted by Crippen LogP contribution is -2.17. The van der Waals surface area contributed by atoms with E-state index >= 15 is 0 Å². The van der Waals surface area contributed by atoms with Crippen molar-refractivity contribution in [2.24, 2.45) is 5.14 Å². The monoisotopic (exact) mass is 420 g/mol. The van der Waals surface area contributed by atoms with Crippen LogP contribution in [0.3, 0.4) is 0 Å². The van der Waals surface area contributed by atoms with Crippen molar-refractivity contribution >= 4 is 33.4 Å². The summed E-state index contributed by atoms with van der Waals surface area (Å²) in [5.74, 6) is -1.50. The van der Waals surface area contributed by atoms with Crippen molar-refractivity contribution in [3.63, 3.8) is 0 Å². The zero-order chi connectivity index (χ0) is 21.6. The number of methoxy groups -OCH3 is 1. The van der Waals surface area contributed by atoms with Gasteiger partial charge in [0.15, 0.2) is 12.4 Å². The maximum absolute atomic E-state index is 12.3. The van der Waals surface area contributed by atoms with Gasteiger partial charge in [-0.25, -0.2) is 18.4 Å². The van der Waals surface area contributed by atoms with E-state index in [1.165, 1.54) is 31.4 Å². The molecule has 0 radical (unpaired) electrons. The zero-order valence-corrected chi connectivity index (χ0v) is 16.6. The average molecular weight is 420 g/mol. The first kappa shape index (κ1) is 22.1. The summed E-state index contributed by atoms with van der Waals surface area (Å²) in [4.78, 5) is 35.6. The number of Topliss-reactive ketones (excluding diaryl/α,β-unsaturated/α-hetero) is 1. The topological polar surface area (TPSA) is 142 Å². The molecule has 2 aromatic carbocycles. The van der Waals surface area contributed by atoms with Crippen molar-refractivity contribution in [2.45, 2.75) is 18.2 Å². The third kappa shape index (κ3) is 5.87. The van der Waals surface area contributed by atoms with Crippen LogP contribution in [0.1, 0.15) is 34.1 Å². The lowest BCUT2D eigenvalue weighted by Gasteiger charge is -2.10. The Bertz CT molecular complexity index is 1030. The summed E-state index contributed by atoms with van der Waals surface area (Å²) in [5.41, 5.74) is 0.636. The number of nitrogens with one attached hydrogen (secondary N) is 1. The quantitative estimate of drug-likeness (QED) is 0.489. The number of nitrogens with two attached hydrogens (primary N) is 1. The summed E-state index contributed by atoms with van der Waals surface area (Å²) in [6.45, 7) is 1.15. The van der Waals surface area contributed by atoms with E-state index in [0.29, 0.717) is 12.1 Å². The van der Waals surface area contributed by atoms with Gasteiger partial charge in [-0.3, -0.25) is 9.59 Å². The number of esters is 1. The predicted molar refractivity (Wildman–Crippen MR) is 104 cm³/mol. The Hall–Kier alpha value is -3.24. The number of carbonyl (C=O) groups is 3. The lowest BCUT2D eigenvalue weighted by atomic mass is 10.1. The van der Waals surface area contributed by atoms with Gasteiger partial charge in [0, 0.05) is 17.7 Å². The van der Waals surface area contributed by atoms with E-state index in [9.17, 15) is 22.8 Å². The van der Waals surface area contributed by atoms with Gasteiger partial charge in [-0.15, -0.1) is 0 Å². The van der Waals surface area contributed by atoms with E-state index in [4.69, 9.17) is 14.6 Å². The van der Waals surface area contributed by atoms with Gasteiger partial charge in [0.1, 0.15) is 11.3 Å². The summed E-state index contributed by atoms with van der Waals surface area (Å²) in [7, 11) is -2.73. The van der Waals surface area contributed by atoms with Crippen LogP contribution in [0, 0.1) is 0 Å². The number of benzene rings is 2. The van der Waals surface area contributed by atoms with Crippen molar-refractivity contribution in [3.05, 3.63) is 53.6 Å². The average Bonchev–Trinajstić information content (AvgIpc) is 2.70. The van der Waals surface area contributed by atoms with E-state index < -0.39 is 28.4 Å². The summed E-state index contributed by atoms with van der Waals surface area (Å²) in [5, 5.41) is 7.72. The van der Waals surface area contributed by atoms with Crippen LogP contribution in [0.25, 0.3) is 0 Å². The second-order valence-electron chi connectivity index (χ2n) is 5.89. The van der Waals surface area contributed by atoms with Crippen LogP contribution in [-0.2, 0) is 19.6 Å². The van der Waals surface area contributed by atoms with E-state index in [1.807, 2.05) is 0 Å². The molecule has 0 bridgehead atoms. The molecule has 0 heterocycles. The van der Waals surface area contributed by atoms with Gasteiger partial charge in [-0.2, -0.15) is 0 Å². The fraction of sp³-hybridized carbons (Fsp3) is 0.211. The first-order valence-corrected chi connectivity index (χ1v) is 10.0. The molecular formula is C19H20N2O7S. The molecule has 0 aliphatic carbocycles. The fourth-order valence-electron chi connectivity index (χ4n) is 2.30. The van der Waals surface area contributed by atoms with Crippen molar-refractivity contribution in [1.29, 1.82) is 0 Å². The molecule has 154 valence electrons. The Labute approximate surface area is 167 Å².